The Morgan fingerprint density at radius 2 is 1.93 bits per heavy atom. The maximum absolute atomic E-state index is 9.27. The lowest BCUT2D eigenvalue weighted by Gasteiger charge is -2.19. The van der Waals surface area contributed by atoms with Crippen molar-refractivity contribution in [1.82, 2.24) is 10.6 Å². The van der Waals surface area contributed by atoms with E-state index in [1.54, 1.807) is 7.11 Å². The number of hydrogen-bond donors (Lipinski definition) is 3. The van der Waals surface area contributed by atoms with Crippen LogP contribution in [0.2, 0.25) is 0 Å². The van der Waals surface area contributed by atoms with Crippen molar-refractivity contribution in [2.45, 2.75) is 46.6 Å². The van der Waals surface area contributed by atoms with Crippen molar-refractivity contribution in [1.29, 1.82) is 0 Å². The zero-order valence-electron chi connectivity index (χ0n) is 17.5. The molecule has 0 fully saturated rings. The Hall–Kier alpha value is -1.95. The molecule has 154 valence electrons. The number of benzene rings is 1. The molecule has 0 amide bonds. The van der Waals surface area contributed by atoms with E-state index in [0.29, 0.717) is 24.9 Å². The van der Waals surface area contributed by atoms with Gasteiger partial charge in [0.15, 0.2) is 5.96 Å². The van der Waals surface area contributed by atoms with Gasteiger partial charge >= 0.3 is 0 Å². The zero-order chi connectivity index (χ0) is 20.1. The number of nitrogens with one attached hydrogen (secondary N) is 2. The summed E-state index contributed by atoms with van der Waals surface area (Å²) < 4.78 is 11.2. The Balaban J connectivity index is 2.56. The summed E-state index contributed by atoms with van der Waals surface area (Å²) in [5, 5.41) is 15.9. The van der Waals surface area contributed by atoms with E-state index in [0.717, 1.165) is 36.8 Å². The van der Waals surface area contributed by atoms with Gasteiger partial charge < -0.3 is 25.2 Å². The van der Waals surface area contributed by atoms with Gasteiger partial charge in [0, 0.05) is 25.8 Å². The zero-order valence-corrected chi connectivity index (χ0v) is 17.5. The van der Waals surface area contributed by atoms with Crippen LogP contribution in [0.1, 0.15) is 40.5 Å². The second-order valence-corrected chi connectivity index (χ2v) is 7.22. The first-order valence-corrected chi connectivity index (χ1v) is 9.92. The van der Waals surface area contributed by atoms with Crippen molar-refractivity contribution in [3.05, 3.63) is 24.3 Å². The lowest BCUT2D eigenvalue weighted by Crippen LogP contribution is -2.42. The summed E-state index contributed by atoms with van der Waals surface area (Å²) >= 11 is 0. The van der Waals surface area contributed by atoms with E-state index >= 15 is 0 Å². The molecule has 2 unspecified atom stereocenters. The van der Waals surface area contributed by atoms with Crippen LogP contribution in [-0.2, 0) is 0 Å². The van der Waals surface area contributed by atoms with Crippen LogP contribution >= 0.6 is 0 Å². The number of methoxy groups -OCH3 is 1. The van der Waals surface area contributed by atoms with Crippen LogP contribution in [-0.4, -0.2) is 50.5 Å². The van der Waals surface area contributed by atoms with E-state index < -0.39 is 0 Å². The Labute approximate surface area is 164 Å². The largest absolute Gasteiger partial charge is 0.497 e. The fourth-order valence-corrected chi connectivity index (χ4v) is 2.88. The first kappa shape index (κ1) is 23.1. The minimum atomic E-state index is -0.0233. The van der Waals surface area contributed by atoms with Gasteiger partial charge in [0.2, 0.25) is 0 Å². The van der Waals surface area contributed by atoms with Gasteiger partial charge in [-0.25, -0.2) is 0 Å². The maximum Gasteiger partial charge on any atom is 0.191 e. The van der Waals surface area contributed by atoms with Gasteiger partial charge in [-0.1, -0.05) is 19.9 Å². The summed E-state index contributed by atoms with van der Waals surface area (Å²) in [7, 11) is 1.65. The van der Waals surface area contributed by atoms with Crippen molar-refractivity contribution in [2.24, 2.45) is 16.8 Å². The van der Waals surface area contributed by atoms with Crippen LogP contribution in [0.25, 0.3) is 0 Å². The summed E-state index contributed by atoms with van der Waals surface area (Å²) in [6, 6.07) is 7.60. The SMILES string of the molecule is CCNC(=NCC(CCO)CC(C)C)NCC(C)Oc1cccc(OC)c1. The third kappa shape index (κ3) is 10.1. The van der Waals surface area contributed by atoms with Gasteiger partial charge in [0.25, 0.3) is 0 Å². The van der Waals surface area contributed by atoms with E-state index in [2.05, 4.69) is 24.5 Å². The second kappa shape index (κ2) is 13.3. The van der Waals surface area contributed by atoms with Crippen LogP contribution in [0.4, 0.5) is 0 Å². The Bertz CT molecular complexity index is 549. The molecule has 1 rings (SSSR count). The van der Waals surface area contributed by atoms with E-state index in [4.69, 9.17) is 14.5 Å². The minimum Gasteiger partial charge on any atom is -0.497 e. The van der Waals surface area contributed by atoms with Crippen molar-refractivity contribution >= 4 is 5.96 Å². The molecule has 0 aliphatic heterocycles. The molecule has 0 bridgehead atoms. The van der Waals surface area contributed by atoms with E-state index in [-0.39, 0.29) is 12.7 Å². The predicted octanol–water partition coefficient (Wildman–Crippen LogP) is 3.06. The maximum atomic E-state index is 9.27. The van der Waals surface area contributed by atoms with Crippen LogP contribution in [0, 0.1) is 11.8 Å². The Kier molecular flexibility index (Phi) is 11.3. The number of guanidine groups is 1. The number of nitrogens with zero attached hydrogens (tertiary/aromatic N) is 1. The van der Waals surface area contributed by atoms with Gasteiger partial charge in [-0.15, -0.1) is 0 Å². The van der Waals surface area contributed by atoms with Gasteiger partial charge in [-0.3, -0.25) is 4.99 Å². The highest BCUT2D eigenvalue weighted by Crippen LogP contribution is 2.19. The summed E-state index contributed by atoms with van der Waals surface area (Å²) in [5.41, 5.74) is 0. The summed E-state index contributed by atoms with van der Waals surface area (Å²) in [4.78, 5) is 4.70. The highest BCUT2D eigenvalue weighted by atomic mass is 16.5. The molecule has 3 N–H and O–H groups in total. The highest BCUT2D eigenvalue weighted by molar-refractivity contribution is 5.79. The molecular formula is C21H37N3O3. The molecular weight excluding hydrogens is 342 g/mol. The molecule has 6 heteroatoms. The predicted molar refractivity (Wildman–Crippen MR) is 112 cm³/mol. The monoisotopic (exact) mass is 379 g/mol. The number of hydrogen-bond acceptors (Lipinski definition) is 4. The molecule has 0 radical (unpaired) electrons. The lowest BCUT2D eigenvalue weighted by atomic mass is 9.94. The molecule has 6 nitrogen and oxygen atoms in total. The molecule has 0 heterocycles. The normalized spacial score (nSPS) is 14.0. The van der Waals surface area contributed by atoms with Crippen LogP contribution in [0.3, 0.4) is 0 Å². The first-order chi connectivity index (χ1) is 13.0. The highest BCUT2D eigenvalue weighted by Gasteiger charge is 2.11. The standard InChI is InChI=1S/C21H37N3O3/c1-6-22-21(24-15-18(10-11-25)12-16(2)3)23-14-17(4)27-20-9-7-8-19(13-20)26-5/h7-9,13,16-18,25H,6,10-12,14-15H2,1-5H3,(H2,22,23,24). The Morgan fingerprint density at radius 3 is 2.56 bits per heavy atom. The lowest BCUT2D eigenvalue weighted by molar-refractivity contribution is 0.223. The molecule has 2 atom stereocenters. The topological polar surface area (TPSA) is 75.1 Å². The van der Waals surface area contributed by atoms with E-state index in [1.165, 1.54) is 0 Å². The third-order valence-corrected chi connectivity index (χ3v) is 4.13. The van der Waals surface area contributed by atoms with Crippen molar-refractivity contribution in [3.63, 3.8) is 0 Å². The fourth-order valence-electron chi connectivity index (χ4n) is 2.88. The summed E-state index contributed by atoms with van der Waals surface area (Å²) in [6.45, 7) is 10.8. The molecule has 1 aromatic carbocycles. The first-order valence-electron chi connectivity index (χ1n) is 9.92. The molecule has 0 spiro atoms. The number of rotatable bonds is 12. The van der Waals surface area contributed by atoms with Gasteiger partial charge in [-0.05, 0) is 50.7 Å². The molecule has 0 saturated heterocycles. The van der Waals surface area contributed by atoms with Crippen LogP contribution in [0.15, 0.2) is 29.3 Å². The number of aliphatic hydroxyl groups is 1. The smallest absolute Gasteiger partial charge is 0.191 e. The average Bonchev–Trinajstić information content (AvgIpc) is 2.63. The number of aliphatic hydroxyl groups excluding tert-OH is 1. The van der Waals surface area contributed by atoms with Crippen molar-refractivity contribution in [3.8, 4) is 11.5 Å². The molecule has 0 saturated carbocycles. The Morgan fingerprint density at radius 1 is 1.19 bits per heavy atom. The van der Waals surface area contributed by atoms with E-state index in [1.807, 2.05) is 38.1 Å². The molecule has 0 aliphatic carbocycles. The average molecular weight is 380 g/mol. The number of ether oxygens (including phenoxy) is 2. The molecule has 27 heavy (non-hydrogen) atoms. The fraction of sp³-hybridized carbons (Fsp3) is 0.667. The second-order valence-electron chi connectivity index (χ2n) is 7.22. The van der Waals surface area contributed by atoms with Crippen LogP contribution < -0.4 is 20.1 Å². The van der Waals surface area contributed by atoms with Crippen LogP contribution in [0.5, 0.6) is 11.5 Å². The quantitative estimate of drug-likeness (QED) is 0.384. The summed E-state index contributed by atoms with van der Waals surface area (Å²) in [5.74, 6) is 3.35. The van der Waals surface area contributed by atoms with Gasteiger partial charge in [-0.2, -0.15) is 0 Å². The van der Waals surface area contributed by atoms with Crippen molar-refractivity contribution in [2.75, 3.05) is 33.4 Å². The molecule has 0 aromatic heterocycles. The third-order valence-electron chi connectivity index (χ3n) is 4.13. The van der Waals surface area contributed by atoms with E-state index in [9.17, 15) is 5.11 Å². The molecule has 0 aliphatic rings. The van der Waals surface area contributed by atoms with Gasteiger partial charge in [0.05, 0.1) is 13.7 Å². The minimum absolute atomic E-state index is 0.0233. The summed E-state index contributed by atoms with van der Waals surface area (Å²) in [6.07, 6.45) is 1.83. The van der Waals surface area contributed by atoms with Crippen molar-refractivity contribution < 1.29 is 14.6 Å². The van der Waals surface area contributed by atoms with Gasteiger partial charge in [0.1, 0.15) is 17.6 Å². The molecule has 1 aromatic rings. The number of aliphatic imine (C=N–C) groups is 1.